The molecule has 1 fully saturated rings. The van der Waals surface area contributed by atoms with Crippen LogP contribution in [0.15, 0.2) is 72.6 Å². The molecule has 1 saturated heterocycles. The van der Waals surface area contributed by atoms with Crippen molar-refractivity contribution < 1.29 is 19.4 Å². The van der Waals surface area contributed by atoms with Crippen molar-refractivity contribution in [2.75, 3.05) is 6.61 Å². The molecule has 4 rings (SSSR count). The van der Waals surface area contributed by atoms with Crippen molar-refractivity contribution in [3.05, 3.63) is 99.8 Å². The Balaban J connectivity index is 1.84. The summed E-state index contributed by atoms with van der Waals surface area (Å²) in [6, 6.07) is 14.9. The van der Waals surface area contributed by atoms with E-state index in [-0.39, 0.29) is 17.9 Å². The van der Waals surface area contributed by atoms with Crippen molar-refractivity contribution in [1.82, 2.24) is 9.88 Å². The van der Waals surface area contributed by atoms with Crippen LogP contribution in [0.2, 0.25) is 5.02 Å². The van der Waals surface area contributed by atoms with Crippen LogP contribution in [-0.2, 0) is 16.1 Å². The highest BCUT2D eigenvalue weighted by atomic mass is 35.5. The maximum atomic E-state index is 13.2. The normalized spacial score (nSPS) is 17.4. The van der Waals surface area contributed by atoms with Crippen LogP contribution < -0.4 is 4.74 Å². The maximum Gasteiger partial charge on any atom is 0.295 e. The quantitative estimate of drug-likeness (QED) is 0.314. The molecular weight excluding hydrogens is 440 g/mol. The molecule has 0 saturated carbocycles. The highest BCUT2D eigenvalue weighted by Gasteiger charge is 2.46. The number of aliphatic hydroxyl groups excluding tert-OH is 1. The zero-order chi connectivity index (χ0) is 23.5. The molecule has 0 radical (unpaired) electrons. The minimum Gasteiger partial charge on any atom is -0.507 e. The first kappa shape index (κ1) is 22.6. The number of likely N-dealkylation sites (tertiary alicyclic amines) is 1. The van der Waals surface area contributed by atoms with Crippen LogP contribution in [0.1, 0.15) is 35.2 Å². The van der Waals surface area contributed by atoms with Crippen LogP contribution >= 0.6 is 11.6 Å². The summed E-state index contributed by atoms with van der Waals surface area (Å²) >= 11 is 6.07. The first-order chi connectivity index (χ1) is 15.9. The number of hydrogen-bond acceptors (Lipinski definition) is 5. The summed E-state index contributed by atoms with van der Waals surface area (Å²) in [5, 5.41) is 11.8. The summed E-state index contributed by atoms with van der Waals surface area (Å²) in [4.78, 5) is 31.8. The van der Waals surface area contributed by atoms with Gasteiger partial charge in [-0.05, 0) is 66.9 Å². The Morgan fingerprint density at radius 3 is 2.55 bits per heavy atom. The van der Waals surface area contributed by atoms with Crippen LogP contribution in [0.3, 0.4) is 0 Å². The van der Waals surface area contributed by atoms with Gasteiger partial charge in [0.15, 0.2) is 0 Å². The number of aromatic nitrogens is 1. The zero-order valence-corrected chi connectivity index (χ0v) is 19.0. The molecule has 1 amide bonds. The maximum absolute atomic E-state index is 13.2. The molecule has 2 heterocycles. The molecule has 1 unspecified atom stereocenters. The van der Waals surface area contributed by atoms with Gasteiger partial charge in [-0.15, -0.1) is 0 Å². The van der Waals surface area contributed by atoms with Crippen LogP contribution in [-0.4, -0.2) is 33.3 Å². The molecular formula is C26H23ClN2O4. The largest absolute Gasteiger partial charge is 0.507 e. The van der Waals surface area contributed by atoms with Crippen molar-refractivity contribution in [2.45, 2.75) is 26.4 Å². The van der Waals surface area contributed by atoms with Gasteiger partial charge in [-0.25, -0.2) is 0 Å². The van der Waals surface area contributed by atoms with E-state index in [2.05, 4.69) is 4.98 Å². The number of carbonyl (C=O) groups excluding carboxylic acids is 2. The minimum atomic E-state index is -0.769. The lowest BCUT2D eigenvalue weighted by Gasteiger charge is -2.25. The van der Waals surface area contributed by atoms with Gasteiger partial charge in [0.25, 0.3) is 11.7 Å². The summed E-state index contributed by atoms with van der Waals surface area (Å²) < 4.78 is 5.57. The molecule has 1 N–H and O–H groups in total. The van der Waals surface area contributed by atoms with Crippen molar-refractivity contribution >= 4 is 29.1 Å². The van der Waals surface area contributed by atoms with Crippen molar-refractivity contribution in [1.29, 1.82) is 0 Å². The SMILES string of the molecule is CCOc1ccc(/C(O)=C2\C(=O)C(=O)N(Cc3cccnc3)C2c2ccc(Cl)cc2)cc1C. The predicted octanol–water partition coefficient (Wildman–Crippen LogP) is 5.06. The number of Topliss-reactive ketones (excluding diaryl/α,β-unsaturated/α-hetero) is 1. The van der Waals surface area contributed by atoms with E-state index in [0.29, 0.717) is 28.5 Å². The number of carbonyl (C=O) groups is 2. The Bertz CT molecular complexity index is 1220. The van der Waals surface area contributed by atoms with Gasteiger partial charge < -0.3 is 14.7 Å². The molecule has 0 aliphatic carbocycles. The fraction of sp³-hybridized carbons (Fsp3) is 0.192. The van der Waals surface area contributed by atoms with Crippen molar-refractivity contribution in [2.24, 2.45) is 0 Å². The monoisotopic (exact) mass is 462 g/mol. The number of benzene rings is 2. The molecule has 0 spiro atoms. The first-order valence-corrected chi connectivity index (χ1v) is 10.9. The summed E-state index contributed by atoms with van der Waals surface area (Å²) in [5.74, 6) is -0.945. The average Bonchev–Trinajstić information content (AvgIpc) is 3.06. The number of pyridine rings is 1. The smallest absolute Gasteiger partial charge is 0.295 e. The number of amides is 1. The molecule has 2 aromatic carbocycles. The minimum absolute atomic E-state index is 0.0368. The number of rotatable bonds is 6. The van der Waals surface area contributed by atoms with E-state index in [1.54, 1.807) is 60.9 Å². The van der Waals surface area contributed by atoms with Crippen molar-refractivity contribution in [3.8, 4) is 5.75 Å². The number of ketones is 1. The number of hydrogen-bond donors (Lipinski definition) is 1. The van der Waals surface area contributed by atoms with Gasteiger partial charge in [-0.3, -0.25) is 14.6 Å². The lowest BCUT2D eigenvalue weighted by Crippen LogP contribution is -2.29. The predicted molar refractivity (Wildman–Crippen MR) is 126 cm³/mol. The molecule has 7 heteroatoms. The lowest BCUT2D eigenvalue weighted by atomic mass is 9.94. The lowest BCUT2D eigenvalue weighted by molar-refractivity contribution is -0.140. The second-order valence-corrected chi connectivity index (χ2v) is 8.19. The third-order valence-corrected chi connectivity index (χ3v) is 5.80. The average molecular weight is 463 g/mol. The van der Waals surface area contributed by atoms with Crippen molar-refractivity contribution in [3.63, 3.8) is 0 Å². The van der Waals surface area contributed by atoms with E-state index in [0.717, 1.165) is 11.1 Å². The Labute approximate surface area is 197 Å². The number of halogens is 1. The second-order valence-electron chi connectivity index (χ2n) is 7.75. The number of aryl methyl sites for hydroxylation is 1. The molecule has 0 bridgehead atoms. The van der Waals surface area contributed by atoms with E-state index < -0.39 is 17.7 Å². The van der Waals surface area contributed by atoms with E-state index in [1.165, 1.54) is 4.90 Å². The van der Waals surface area contributed by atoms with Gasteiger partial charge in [0.1, 0.15) is 11.5 Å². The standard InChI is InChI=1S/C26H23ClN2O4/c1-3-33-21-11-8-19(13-16(21)2)24(30)22-23(18-6-9-20(27)10-7-18)29(26(32)25(22)31)15-17-5-4-12-28-14-17/h4-14,23,30H,3,15H2,1-2H3/b24-22+. The van der Waals surface area contributed by atoms with Crippen LogP contribution in [0.4, 0.5) is 0 Å². The summed E-state index contributed by atoms with van der Waals surface area (Å²) in [6.07, 6.45) is 3.29. The third-order valence-electron chi connectivity index (χ3n) is 5.55. The Kier molecular flexibility index (Phi) is 6.47. The van der Waals surface area contributed by atoms with E-state index >= 15 is 0 Å². The number of nitrogens with zero attached hydrogens (tertiary/aromatic N) is 2. The van der Waals surface area contributed by atoms with Crippen LogP contribution in [0.25, 0.3) is 5.76 Å². The van der Waals surface area contributed by atoms with Gasteiger partial charge in [0, 0.05) is 29.5 Å². The zero-order valence-electron chi connectivity index (χ0n) is 18.3. The van der Waals surface area contributed by atoms with Gasteiger partial charge in [-0.1, -0.05) is 29.8 Å². The topological polar surface area (TPSA) is 79.7 Å². The summed E-state index contributed by atoms with van der Waals surface area (Å²) in [6.45, 7) is 4.44. The highest BCUT2D eigenvalue weighted by Crippen LogP contribution is 2.41. The Morgan fingerprint density at radius 1 is 1.15 bits per heavy atom. The van der Waals surface area contributed by atoms with Gasteiger partial charge in [-0.2, -0.15) is 0 Å². The van der Waals surface area contributed by atoms with Gasteiger partial charge in [0.05, 0.1) is 18.2 Å². The number of aliphatic hydroxyl groups is 1. The van der Waals surface area contributed by atoms with E-state index in [1.807, 2.05) is 19.9 Å². The fourth-order valence-electron chi connectivity index (χ4n) is 3.99. The first-order valence-electron chi connectivity index (χ1n) is 10.6. The molecule has 1 aromatic heterocycles. The third kappa shape index (κ3) is 4.47. The summed E-state index contributed by atoms with van der Waals surface area (Å²) in [7, 11) is 0. The van der Waals surface area contributed by atoms with E-state index in [4.69, 9.17) is 16.3 Å². The molecule has 3 aromatic rings. The van der Waals surface area contributed by atoms with Crippen LogP contribution in [0, 0.1) is 6.92 Å². The Hall–Kier alpha value is -3.64. The molecule has 33 heavy (non-hydrogen) atoms. The molecule has 1 aliphatic heterocycles. The van der Waals surface area contributed by atoms with Crippen LogP contribution in [0.5, 0.6) is 5.75 Å². The second kappa shape index (κ2) is 9.46. The Morgan fingerprint density at radius 2 is 1.91 bits per heavy atom. The summed E-state index contributed by atoms with van der Waals surface area (Å²) in [5.41, 5.74) is 2.74. The molecule has 1 aliphatic rings. The molecule has 168 valence electrons. The van der Waals surface area contributed by atoms with Gasteiger partial charge in [0.2, 0.25) is 0 Å². The molecule has 1 atom stereocenters. The fourth-order valence-corrected chi connectivity index (χ4v) is 4.12. The molecule has 6 nitrogen and oxygen atoms in total. The highest BCUT2D eigenvalue weighted by molar-refractivity contribution is 6.46. The van der Waals surface area contributed by atoms with Gasteiger partial charge >= 0.3 is 0 Å². The van der Waals surface area contributed by atoms with E-state index in [9.17, 15) is 14.7 Å². The number of ether oxygens (including phenoxy) is 1.